The third-order valence-corrected chi connectivity index (χ3v) is 4.31. The first-order valence-electron chi connectivity index (χ1n) is 2.90. The van der Waals surface area contributed by atoms with Crippen LogP contribution in [-0.2, 0) is 4.57 Å². The van der Waals surface area contributed by atoms with Gasteiger partial charge in [0.15, 0.2) is 6.49 Å². The van der Waals surface area contributed by atoms with E-state index in [1.807, 2.05) is 13.8 Å². The van der Waals surface area contributed by atoms with Gasteiger partial charge in [-0.05, 0) is 6.42 Å². The van der Waals surface area contributed by atoms with E-state index in [0.717, 1.165) is 6.42 Å². The summed E-state index contributed by atoms with van der Waals surface area (Å²) in [5.74, 6) is 0. The summed E-state index contributed by atoms with van der Waals surface area (Å²) < 4.78 is 10.9. The Kier molecular flexibility index (Phi) is 3.76. The van der Waals surface area contributed by atoms with Crippen LogP contribution in [0.1, 0.15) is 20.3 Å². The van der Waals surface area contributed by atoms with Crippen LogP contribution in [0.25, 0.3) is 0 Å². The highest BCUT2D eigenvalue weighted by atomic mass is 35.7. The van der Waals surface area contributed by atoms with Crippen LogP contribution in [0.5, 0.6) is 0 Å². The molecule has 0 aliphatic rings. The Morgan fingerprint density at radius 3 is 2.12 bits per heavy atom. The smallest absolute Gasteiger partial charge is 0.169 e. The molecule has 1 atom stereocenters. The molecule has 0 bridgehead atoms. The minimum absolute atomic E-state index is 0.627. The molecule has 0 heterocycles. The molecule has 0 amide bonds. The van der Waals surface area contributed by atoms with Gasteiger partial charge in [-0.1, -0.05) is 25.1 Å². The van der Waals surface area contributed by atoms with Gasteiger partial charge in [0.25, 0.3) is 0 Å². The molecule has 0 N–H and O–H groups in total. The summed E-state index contributed by atoms with van der Waals surface area (Å²) in [6, 6.07) is 0. The highest BCUT2D eigenvalue weighted by Gasteiger charge is 2.11. The van der Waals surface area contributed by atoms with Crippen LogP contribution in [0.3, 0.4) is 0 Å². The standard InChI is InChI=1S/C5H12ClOP/c1-3-5-8(6,7)4-2/h3-5H2,1-2H3. The van der Waals surface area contributed by atoms with Crippen molar-refractivity contribution in [2.75, 3.05) is 12.3 Å². The molecule has 0 aliphatic carbocycles. The lowest BCUT2D eigenvalue weighted by Gasteiger charge is -2.02. The van der Waals surface area contributed by atoms with Gasteiger partial charge in [0, 0.05) is 12.3 Å². The topological polar surface area (TPSA) is 17.1 Å². The molecule has 1 unspecified atom stereocenters. The van der Waals surface area contributed by atoms with E-state index in [9.17, 15) is 4.57 Å². The van der Waals surface area contributed by atoms with E-state index in [4.69, 9.17) is 11.2 Å². The average molecular weight is 155 g/mol. The molecule has 0 aromatic heterocycles. The summed E-state index contributed by atoms with van der Waals surface area (Å²) in [6.45, 7) is 1.65. The highest BCUT2D eigenvalue weighted by Crippen LogP contribution is 2.50. The maximum atomic E-state index is 10.9. The highest BCUT2D eigenvalue weighted by molar-refractivity contribution is 7.89. The third-order valence-electron chi connectivity index (χ3n) is 1.03. The van der Waals surface area contributed by atoms with E-state index in [1.165, 1.54) is 0 Å². The zero-order valence-electron chi connectivity index (χ0n) is 5.35. The first kappa shape index (κ1) is 8.52. The summed E-state index contributed by atoms with van der Waals surface area (Å²) in [6.07, 6.45) is 2.24. The minimum Gasteiger partial charge on any atom is -0.307 e. The fourth-order valence-electron chi connectivity index (χ4n) is 0.492. The van der Waals surface area contributed by atoms with Crippen LogP contribution in [0, 0.1) is 0 Å². The van der Waals surface area contributed by atoms with Crippen molar-refractivity contribution >= 4 is 17.7 Å². The molecule has 3 heteroatoms. The van der Waals surface area contributed by atoms with E-state index in [-0.39, 0.29) is 0 Å². The molecule has 0 spiro atoms. The van der Waals surface area contributed by atoms with Gasteiger partial charge in [0.2, 0.25) is 0 Å². The summed E-state index contributed by atoms with van der Waals surface area (Å²) in [7, 11) is 0. The monoisotopic (exact) mass is 154 g/mol. The largest absolute Gasteiger partial charge is 0.307 e. The van der Waals surface area contributed by atoms with Gasteiger partial charge in [-0.15, -0.1) is 0 Å². The SMILES string of the molecule is CCCP(=O)(Cl)CC. The van der Waals surface area contributed by atoms with Gasteiger partial charge in [-0.3, -0.25) is 0 Å². The molecule has 0 fully saturated rings. The second-order valence-corrected chi connectivity index (χ2v) is 6.34. The van der Waals surface area contributed by atoms with E-state index < -0.39 is 6.49 Å². The van der Waals surface area contributed by atoms with Crippen molar-refractivity contribution in [1.82, 2.24) is 0 Å². The van der Waals surface area contributed by atoms with Crippen molar-refractivity contribution in [2.24, 2.45) is 0 Å². The van der Waals surface area contributed by atoms with Crippen LogP contribution < -0.4 is 0 Å². The Bertz CT molecular complexity index is 103. The lowest BCUT2D eigenvalue weighted by molar-refractivity contribution is 0.584. The molecule has 0 aliphatic heterocycles. The van der Waals surface area contributed by atoms with Gasteiger partial charge in [-0.25, -0.2) is 0 Å². The molecule has 0 radical (unpaired) electrons. The van der Waals surface area contributed by atoms with E-state index in [0.29, 0.717) is 12.3 Å². The minimum atomic E-state index is -2.20. The van der Waals surface area contributed by atoms with Crippen molar-refractivity contribution in [3.05, 3.63) is 0 Å². The molecule has 0 aromatic rings. The number of rotatable bonds is 3. The Morgan fingerprint density at radius 2 is 2.00 bits per heavy atom. The van der Waals surface area contributed by atoms with E-state index in [1.54, 1.807) is 0 Å². The van der Waals surface area contributed by atoms with Crippen LogP contribution in [-0.4, -0.2) is 12.3 Å². The lowest BCUT2D eigenvalue weighted by Crippen LogP contribution is -1.82. The summed E-state index contributed by atoms with van der Waals surface area (Å²) in [5, 5.41) is 0. The van der Waals surface area contributed by atoms with Gasteiger partial charge in [0.1, 0.15) is 0 Å². The Hall–Kier alpha value is 0.520. The Morgan fingerprint density at radius 1 is 1.50 bits per heavy atom. The van der Waals surface area contributed by atoms with Gasteiger partial charge >= 0.3 is 0 Å². The first-order valence-corrected chi connectivity index (χ1v) is 5.88. The molecular weight excluding hydrogens is 142 g/mol. The second-order valence-electron chi connectivity index (χ2n) is 1.83. The van der Waals surface area contributed by atoms with E-state index >= 15 is 0 Å². The molecule has 0 aromatic carbocycles. The lowest BCUT2D eigenvalue weighted by atomic mass is 10.6. The van der Waals surface area contributed by atoms with Crippen molar-refractivity contribution in [3.8, 4) is 0 Å². The maximum absolute atomic E-state index is 10.9. The quantitative estimate of drug-likeness (QED) is 0.572. The van der Waals surface area contributed by atoms with Gasteiger partial charge in [-0.2, -0.15) is 0 Å². The molecule has 1 nitrogen and oxygen atoms in total. The zero-order chi connectivity index (χ0) is 6.62. The molecule has 50 valence electrons. The Balaban J connectivity index is 3.55. The van der Waals surface area contributed by atoms with Crippen molar-refractivity contribution in [1.29, 1.82) is 0 Å². The molecule has 0 rings (SSSR count). The first-order chi connectivity index (χ1) is 3.62. The second kappa shape index (κ2) is 3.53. The van der Waals surface area contributed by atoms with E-state index in [2.05, 4.69) is 0 Å². The van der Waals surface area contributed by atoms with Crippen molar-refractivity contribution < 1.29 is 4.57 Å². The molecule has 0 saturated carbocycles. The van der Waals surface area contributed by atoms with Crippen LogP contribution >= 0.6 is 17.7 Å². The number of halogens is 1. The van der Waals surface area contributed by atoms with Gasteiger partial charge < -0.3 is 4.57 Å². The predicted molar refractivity (Wildman–Crippen MR) is 39.2 cm³/mol. The summed E-state index contributed by atoms with van der Waals surface area (Å²) in [4.78, 5) is 0. The third kappa shape index (κ3) is 3.51. The summed E-state index contributed by atoms with van der Waals surface area (Å²) in [5.41, 5.74) is 0. The summed E-state index contributed by atoms with van der Waals surface area (Å²) >= 11 is 5.58. The fraction of sp³-hybridized carbons (Fsp3) is 1.00. The fourth-order valence-corrected chi connectivity index (χ4v) is 1.98. The van der Waals surface area contributed by atoms with Crippen molar-refractivity contribution in [2.45, 2.75) is 20.3 Å². The average Bonchev–Trinajstić information content (AvgIpc) is 1.67. The predicted octanol–water partition coefficient (Wildman–Crippen LogP) is 2.93. The molecular formula is C5H12ClOP. The van der Waals surface area contributed by atoms with Crippen molar-refractivity contribution in [3.63, 3.8) is 0 Å². The molecule has 8 heavy (non-hydrogen) atoms. The van der Waals surface area contributed by atoms with Crippen LogP contribution in [0.15, 0.2) is 0 Å². The molecule has 0 saturated heterocycles. The van der Waals surface area contributed by atoms with Gasteiger partial charge in [0.05, 0.1) is 0 Å². The zero-order valence-corrected chi connectivity index (χ0v) is 7.01. The van der Waals surface area contributed by atoms with Crippen LogP contribution in [0.2, 0.25) is 0 Å². The number of hydrogen-bond donors (Lipinski definition) is 0. The number of hydrogen-bond acceptors (Lipinski definition) is 1. The normalized spacial score (nSPS) is 17.9. The Labute approximate surface area is 55.6 Å². The van der Waals surface area contributed by atoms with Crippen LogP contribution in [0.4, 0.5) is 0 Å². The maximum Gasteiger partial charge on any atom is 0.169 e.